The van der Waals surface area contributed by atoms with E-state index in [9.17, 15) is 8.42 Å². The van der Waals surface area contributed by atoms with Crippen molar-refractivity contribution in [2.24, 2.45) is 0 Å². The summed E-state index contributed by atoms with van der Waals surface area (Å²) in [6.07, 6.45) is 0. The topological polar surface area (TPSA) is 81.2 Å². The summed E-state index contributed by atoms with van der Waals surface area (Å²) in [7, 11) is -0.652. The zero-order chi connectivity index (χ0) is 15.9. The number of sulfonamides is 1. The molecule has 1 aromatic carbocycles. The van der Waals surface area contributed by atoms with Crippen molar-refractivity contribution in [2.75, 3.05) is 19.8 Å². The third kappa shape index (κ3) is 2.58. The Hall–Kier alpha value is -1.38. The van der Waals surface area contributed by atoms with E-state index in [1.807, 2.05) is 13.8 Å². The van der Waals surface area contributed by atoms with Gasteiger partial charge in [0.1, 0.15) is 4.90 Å². The van der Waals surface area contributed by atoms with Crippen LogP contribution in [0.4, 0.5) is 5.69 Å². The fourth-order valence-electron chi connectivity index (χ4n) is 2.00. The fraction of sp³-hybridized carbons (Fsp3) is 0.308. The summed E-state index contributed by atoms with van der Waals surface area (Å²) in [6, 6.07) is 4.90. The van der Waals surface area contributed by atoms with Gasteiger partial charge in [-0.25, -0.2) is 17.4 Å². The van der Waals surface area contributed by atoms with Crippen molar-refractivity contribution in [3.63, 3.8) is 0 Å². The molecule has 114 valence electrons. The van der Waals surface area contributed by atoms with E-state index < -0.39 is 10.0 Å². The molecule has 2 aromatic rings. The Balaban J connectivity index is 2.71. The van der Waals surface area contributed by atoms with Crippen LogP contribution in [0.25, 0.3) is 5.69 Å². The summed E-state index contributed by atoms with van der Waals surface area (Å²) in [6.45, 7) is 3.75. The Morgan fingerprint density at radius 2 is 1.90 bits per heavy atom. The van der Waals surface area contributed by atoms with Gasteiger partial charge in [-0.1, -0.05) is 6.07 Å². The van der Waals surface area contributed by atoms with Gasteiger partial charge in [0, 0.05) is 14.1 Å². The normalized spacial score (nSPS) is 12.1. The zero-order valence-corrected chi connectivity index (χ0v) is 14.7. The van der Waals surface area contributed by atoms with E-state index in [0.29, 0.717) is 5.69 Å². The highest BCUT2D eigenvalue weighted by molar-refractivity contribution is 9.10. The van der Waals surface area contributed by atoms with Gasteiger partial charge in [0.2, 0.25) is 10.0 Å². The molecule has 1 aromatic heterocycles. The van der Waals surface area contributed by atoms with Crippen LogP contribution in [0.3, 0.4) is 0 Å². The molecule has 0 radical (unpaired) electrons. The largest absolute Gasteiger partial charge is 0.396 e. The van der Waals surface area contributed by atoms with E-state index in [4.69, 9.17) is 5.73 Å². The number of para-hydroxylation sites is 1. The van der Waals surface area contributed by atoms with Gasteiger partial charge in [0.15, 0.2) is 0 Å². The van der Waals surface area contributed by atoms with Gasteiger partial charge < -0.3 is 5.73 Å². The van der Waals surface area contributed by atoms with Crippen molar-refractivity contribution >= 4 is 31.6 Å². The Kier molecular flexibility index (Phi) is 4.14. The number of aromatic nitrogens is 2. The summed E-state index contributed by atoms with van der Waals surface area (Å²) >= 11 is 3.45. The van der Waals surface area contributed by atoms with E-state index in [1.54, 1.807) is 16.8 Å². The maximum Gasteiger partial charge on any atom is 0.244 e. The van der Waals surface area contributed by atoms with Crippen LogP contribution in [0.15, 0.2) is 27.6 Å². The maximum atomic E-state index is 12.3. The predicted molar refractivity (Wildman–Crippen MR) is 86.0 cm³/mol. The van der Waals surface area contributed by atoms with E-state index in [-0.39, 0.29) is 10.6 Å². The summed E-state index contributed by atoms with van der Waals surface area (Å²) in [5, 5.41) is 4.39. The minimum atomic E-state index is -3.60. The summed E-state index contributed by atoms with van der Waals surface area (Å²) in [5.41, 5.74) is 8.49. The van der Waals surface area contributed by atoms with E-state index in [2.05, 4.69) is 21.0 Å². The molecule has 0 unspecified atom stereocenters. The number of nitrogens with zero attached hydrogens (tertiary/aromatic N) is 3. The monoisotopic (exact) mass is 372 g/mol. The number of nitrogen functional groups attached to an aromatic ring is 1. The third-order valence-corrected chi connectivity index (χ3v) is 6.25. The Morgan fingerprint density at radius 3 is 2.38 bits per heavy atom. The maximum absolute atomic E-state index is 12.3. The number of benzene rings is 1. The first-order valence-corrected chi connectivity index (χ1v) is 8.44. The van der Waals surface area contributed by atoms with E-state index in [0.717, 1.165) is 20.2 Å². The van der Waals surface area contributed by atoms with Crippen molar-refractivity contribution in [1.29, 1.82) is 0 Å². The first-order valence-electron chi connectivity index (χ1n) is 6.21. The zero-order valence-electron chi connectivity index (χ0n) is 12.3. The molecule has 0 aliphatic carbocycles. The molecule has 2 N–H and O–H groups in total. The predicted octanol–water partition coefficient (Wildman–Crippen LogP) is 2.08. The molecule has 0 aliphatic rings. The number of halogens is 1. The van der Waals surface area contributed by atoms with Gasteiger partial charge in [-0.2, -0.15) is 5.10 Å². The van der Waals surface area contributed by atoms with Crippen LogP contribution in [0, 0.1) is 13.8 Å². The number of aryl methyl sites for hydroxylation is 1. The SMILES string of the molecule is Cc1nn(-c2cccc(S(=O)(=O)N(C)C)c2N)c(C)c1Br. The van der Waals surface area contributed by atoms with Crippen LogP contribution in [0.2, 0.25) is 0 Å². The van der Waals surface area contributed by atoms with Crippen LogP contribution >= 0.6 is 15.9 Å². The number of hydrogen-bond acceptors (Lipinski definition) is 4. The second-order valence-electron chi connectivity index (χ2n) is 4.87. The van der Waals surface area contributed by atoms with Gasteiger partial charge in [-0.3, -0.25) is 0 Å². The van der Waals surface area contributed by atoms with Crippen LogP contribution in [0.1, 0.15) is 11.4 Å². The molecule has 0 bridgehead atoms. The molecule has 0 aliphatic heterocycles. The molecule has 21 heavy (non-hydrogen) atoms. The molecular formula is C13H17BrN4O2S. The molecule has 0 amide bonds. The molecular weight excluding hydrogens is 356 g/mol. The fourth-order valence-corrected chi connectivity index (χ4v) is 3.27. The lowest BCUT2D eigenvalue weighted by Crippen LogP contribution is -2.23. The average Bonchev–Trinajstić information content (AvgIpc) is 2.66. The average molecular weight is 373 g/mol. The molecule has 0 fully saturated rings. The lowest BCUT2D eigenvalue weighted by molar-refractivity contribution is 0.521. The first-order chi connectivity index (χ1) is 9.67. The Labute approximate surface area is 132 Å². The van der Waals surface area contributed by atoms with Crippen molar-refractivity contribution in [3.8, 4) is 5.69 Å². The lowest BCUT2D eigenvalue weighted by Gasteiger charge is -2.16. The number of rotatable bonds is 3. The van der Waals surface area contributed by atoms with Gasteiger partial charge in [0.25, 0.3) is 0 Å². The highest BCUT2D eigenvalue weighted by Gasteiger charge is 2.23. The third-order valence-electron chi connectivity index (χ3n) is 3.23. The van der Waals surface area contributed by atoms with Gasteiger partial charge in [0.05, 0.1) is 27.2 Å². The second-order valence-corrected chi connectivity index (χ2v) is 7.79. The smallest absolute Gasteiger partial charge is 0.244 e. The standard InChI is InChI=1S/C13H17BrN4O2S/c1-8-12(14)9(2)18(16-8)10-6-5-7-11(13(10)15)21(19,20)17(3)4/h5-7H,15H2,1-4H3. The highest BCUT2D eigenvalue weighted by Crippen LogP contribution is 2.30. The molecule has 6 nitrogen and oxygen atoms in total. The Bertz CT molecular complexity index is 797. The van der Waals surface area contributed by atoms with E-state index in [1.165, 1.54) is 20.2 Å². The first kappa shape index (κ1) is 16.0. The van der Waals surface area contributed by atoms with Crippen LogP contribution in [0.5, 0.6) is 0 Å². The minimum absolute atomic E-state index is 0.0775. The second kappa shape index (κ2) is 5.43. The van der Waals surface area contributed by atoms with E-state index >= 15 is 0 Å². The highest BCUT2D eigenvalue weighted by atomic mass is 79.9. The molecule has 0 saturated heterocycles. The van der Waals surface area contributed by atoms with Crippen molar-refractivity contribution in [1.82, 2.24) is 14.1 Å². The van der Waals surface area contributed by atoms with Gasteiger partial charge in [-0.15, -0.1) is 0 Å². The quantitative estimate of drug-likeness (QED) is 0.836. The Morgan fingerprint density at radius 1 is 1.29 bits per heavy atom. The van der Waals surface area contributed by atoms with Crippen molar-refractivity contribution in [2.45, 2.75) is 18.7 Å². The number of nitrogens with two attached hydrogens (primary N) is 1. The van der Waals surface area contributed by atoms with Crippen LogP contribution in [-0.4, -0.2) is 36.6 Å². The molecule has 0 spiro atoms. The van der Waals surface area contributed by atoms with Crippen LogP contribution < -0.4 is 5.73 Å². The van der Waals surface area contributed by atoms with Gasteiger partial charge in [-0.05, 0) is 41.9 Å². The van der Waals surface area contributed by atoms with Crippen LogP contribution in [-0.2, 0) is 10.0 Å². The molecule has 2 rings (SSSR count). The lowest BCUT2D eigenvalue weighted by atomic mass is 10.2. The molecule has 1 heterocycles. The molecule has 0 atom stereocenters. The summed E-state index contributed by atoms with van der Waals surface area (Å²) in [4.78, 5) is 0.0775. The summed E-state index contributed by atoms with van der Waals surface area (Å²) < 4.78 is 28.3. The molecule has 8 heteroatoms. The number of hydrogen-bond donors (Lipinski definition) is 1. The molecule has 0 saturated carbocycles. The minimum Gasteiger partial charge on any atom is -0.396 e. The van der Waals surface area contributed by atoms with Gasteiger partial charge >= 0.3 is 0 Å². The summed E-state index contributed by atoms with van der Waals surface area (Å²) in [5.74, 6) is 0. The van der Waals surface area contributed by atoms with Crippen molar-refractivity contribution in [3.05, 3.63) is 34.1 Å². The number of anilines is 1. The van der Waals surface area contributed by atoms with Crippen molar-refractivity contribution < 1.29 is 8.42 Å².